The maximum Gasteiger partial charge on any atom is 0.0241 e. The molecule has 2 unspecified atom stereocenters. The van der Waals surface area contributed by atoms with Crippen LogP contribution < -0.4 is 5.73 Å². The molecule has 5 saturated carbocycles. The van der Waals surface area contributed by atoms with Crippen molar-refractivity contribution < 1.29 is 0 Å². The Morgan fingerprint density at radius 3 is 1.60 bits per heavy atom. The van der Waals surface area contributed by atoms with Crippen molar-refractivity contribution in [1.82, 2.24) is 0 Å². The SMILES string of the molecule is CC1CC1(N)C12CC3CC(CC(C3)C1)C2. The van der Waals surface area contributed by atoms with Crippen LogP contribution in [0.4, 0.5) is 0 Å². The van der Waals surface area contributed by atoms with Gasteiger partial charge < -0.3 is 5.73 Å². The molecular weight excluding hydrogens is 182 g/mol. The number of nitrogens with two attached hydrogens (primary N) is 1. The molecule has 5 aliphatic carbocycles. The lowest BCUT2D eigenvalue weighted by Crippen LogP contribution is -2.56. The Bertz CT molecular complexity index is 273. The van der Waals surface area contributed by atoms with E-state index in [4.69, 9.17) is 5.73 Å². The molecular formula is C14H23N. The van der Waals surface area contributed by atoms with E-state index in [-0.39, 0.29) is 5.54 Å². The summed E-state index contributed by atoms with van der Waals surface area (Å²) in [5.74, 6) is 3.99. The average molecular weight is 205 g/mol. The topological polar surface area (TPSA) is 26.0 Å². The fourth-order valence-corrected chi connectivity index (χ4v) is 5.87. The van der Waals surface area contributed by atoms with Crippen LogP contribution in [-0.4, -0.2) is 5.54 Å². The third kappa shape index (κ3) is 0.988. The van der Waals surface area contributed by atoms with Gasteiger partial charge in [-0.2, -0.15) is 0 Å². The molecule has 0 aromatic carbocycles. The minimum atomic E-state index is 0.267. The second kappa shape index (κ2) is 2.45. The highest BCUT2D eigenvalue weighted by molar-refractivity contribution is 5.21. The summed E-state index contributed by atoms with van der Waals surface area (Å²) in [7, 11) is 0. The van der Waals surface area contributed by atoms with Crippen molar-refractivity contribution in [2.75, 3.05) is 0 Å². The first-order chi connectivity index (χ1) is 7.11. The molecule has 0 aliphatic heterocycles. The number of hydrogen-bond acceptors (Lipinski definition) is 1. The zero-order chi connectivity index (χ0) is 10.3. The van der Waals surface area contributed by atoms with E-state index >= 15 is 0 Å². The van der Waals surface area contributed by atoms with Gasteiger partial charge in [-0.05, 0) is 74.0 Å². The fraction of sp³-hybridized carbons (Fsp3) is 1.00. The normalized spacial score (nSPS) is 66.0. The molecule has 84 valence electrons. The van der Waals surface area contributed by atoms with Crippen LogP contribution in [0, 0.1) is 29.1 Å². The van der Waals surface area contributed by atoms with Gasteiger partial charge in [0, 0.05) is 5.54 Å². The van der Waals surface area contributed by atoms with Crippen LogP contribution in [-0.2, 0) is 0 Å². The minimum absolute atomic E-state index is 0.267. The highest BCUT2D eigenvalue weighted by atomic mass is 14.9. The smallest absolute Gasteiger partial charge is 0.0241 e. The third-order valence-corrected chi connectivity index (χ3v) is 6.39. The summed E-state index contributed by atoms with van der Waals surface area (Å²) < 4.78 is 0. The minimum Gasteiger partial charge on any atom is -0.324 e. The van der Waals surface area contributed by atoms with Crippen molar-refractivity contribution in [2.24, 2.45) is 34.8 Å². The van der Waals surface area contributed by atoms with E-state index in [1.54, 1.807) is 19.3 Å². The van der Waals surface area contributed by atoms with Gasteiger partial charge in [-0.1, -0.05) is 6.92 Å². The van der Waals surface area contributed by atoms with E-state index in [0.29, 0.717) is 5.41 Å². The highest BCUT2D eigenvalue weighted by Crippen LogP contribution is 2.69. The van der Waals surface area contributed by atoms with Gasteiger partial charge in [0.2, 0.25) is 0 Å². The van der Waals surface area contributed by atoms with Crippen LogP contribution >= 0.6 is 0 Å². The maximum atomic E-state index is 6.69. The molecule has 0 saturated heterocycles. The van der Waals surface area contributed by atoms with E-state index in [2.05, 4.69) is 6.92 Å². The third-order valence-electron chi connectivity index (χ3n) is 6.39. The van der Waals surface area contributed by atoms with Gasteiger partial charge in [-0.15, -0.1) is 0 Å². The van der Waals surface area contributed by atoms with Gasteiger partial charge in [0.25, 0.3) is 0 Å². The van der Waals surface area contributed by atoms with Gasteiger partial charge in [-0.25, -0.2) is 0 Å². The van der Waals surface area contributed by atoms with Gasteiger partial charge in [-0.3, -0.25) is 0 Å². The fourth-order valence-electron chi connectivity index (χ4n) is 5.87. The molecule has 2 N–H and O–H groups in total. The van der Waals surface area contributed by atoms with Gasteiger partial charge >= 0.3 is 0 Å². The Labute approximate surface area is 92.8 Å². The molecule has 2 atom stereocenters. The molecule has 1 heteroatoms. The van der Waals surface area contributed by atoms with Gasteiger partial charge in [0.15, 0.2) is 0 Å². The monoisotopic (exact) mass is 205 g/mol. The Morgan fingerprint density at radius 1 is 0.867 bits per heavy atom. The Hall–Kier alpha value is -0.0400. The number of hydrogen-bond donors (Lipinski definition) is 1. The summed E-state index contributed by atoms with van der Waals surface area (Å²) in [6.07, 6.45) is 10.4. The first-order valence-corrected chi connectivity index (χ1v) is 6.90. The summed E-state index contributed by atoms with van der Waals surface area (Å²) in [6.45, 7) is 2.37. The summed E-state index contributed by atoms with van der Waals surface area (Å²) >= 11 is 0. The van der Waals surface area contributed by atoms with Crippen LogP contribution in [0.5, 0.6) is 0 Å². The summed E-state index contributed by atoms with van der Waals surface area (Å²) in [5, 5.41) is 0. The molecule has 0 amide bonds. The first-order valence-electron chi connectivity index (χ1n) is 6.90. The highest BCUT2D eigenvalue weighted by Gasteiger charge is 2.66. The van der Waals surface area contributed by atoms with Crippen molar-refractivity contribution in [3.8, 4) is 0 Å². The summed E-state index contributed by atoms with van der Waals surface area (Å²) in [6, 6.07) is 0. The second-order valence-corrected chi connectivity index (χ2v) is 7.34. The second-order valence-electron chi connectivity index (χ2n) is 7.34. The lowest BCUT2D eigenvalue weighted by Gasteiger charge is -2.59. The standard InChI is InChI=1S/C14H23N/c1-9-5-14(9,15)13-6-10-2-11(7-13)4-12(3-10)8-13/h9-12H,2-8,15H2,1H3. The van der Waals surface area contributed by atoms with E-state index in [0.717, 1.165) is 23.7 Å². The van der Waals surface area contributed by atoms with Gasteiger partial charge in [0.05, 0.1) is 0 Å². The van der Waals surface area contributed by atoms with Crippen molar-refractivity contribution in [3.63, 3.8) is 0 Å². The Morgan fingerprint density at radius 2 is 1.27 bits per heavy atom. The van der Waals surface area contributed by atoms with Crippen molar-refractivity contribution in [2.45, 2.75) is 57.4 Å². The van der Waals surface area contributed by atoms with Crippen LogP contribution in [0.15, 0.2) is 0 Å². The largest absolute Gasteiger partial charge is 0.324 e. The Kier molecular flexibility index (Phi) is 1.47. The molecule has 1 nitrogen and oxygen atoms in total. The predicted octanol–water partition coefficient (Wildman–Crippen LogP) is 2.94. The molecule has 5 fully saturated rings. The molecule has 5 rings (SSSR count). The quantitative estimate of drug-likeness (QED) is 0.700. The zero-order valence-electron chi connectivity index (χ0n) is 9.84. The van der Waals surface area contributed by atoms with Crippen molar-refractivity contribution in [1.29, 1.82) is 0 Å². The van der Waals surface area contributed by atoms with Gasteiger partial charge in [0.1, 0.15) is 0 Å². The number of rotatable bonds is 1. The van der Waals surface area contributed by atoms with Crippen molar-refractivity contribution >= 4 is 0 Å². The van der Waals surface area contributed by atoms with Crippen LogP contribution in [0.3, 0.4) is 0 Å². The average Bonchev–Trinajstić information content (AvgIpc) is 2.74. The van der Waals surface area contributed by atoms with Crippen LogP contribution in [0.2, 0.25) is 0 Å². The van der Waals surface area contributed by atoms with Crippen molar-refractivity contribution in [3.05, 3.63) is 0 Å². The van der Waals surface area contributed by atoms with E-state index < -0.39 is 0 Å². The lowest BCUT2D eigenvalue weighted by molar-refractivity contribution is -0.0761. The van der Waals surface area contributed by atoms with E-state index in [1.165, 1.54) is 25.7 Å². The van der Waals surface area contributed by atoms with E-state index in [1.807, 2.05) is 0 Å². The summed E-state index contributed by atoms with van der Waals surface area (Å²) in [5.41, 5.74) is 7.55. The maximum absolute atomic E-state index is 6.69. The Balaban J connectivity index is 1.72. The van der Waals surface area contributed by atoms with E-state index in [9.17, 15) is 0 Å². The molecule has 0 heterocycles. The predicted molar refractivity (Wildman–Crippen MR) is 61.3 cm³/mol. The molecule has 0 radical (unpaired) electrons. The lowest BCUT2D eigenvalue weighted by atomic mass is 9.47. The summed E-state index contributed by atoms with van der Waals surface area (Å²) in [4.78, 5) is 0. The van der Waals surface area contributed by atoms with Crippen LogP contribution in [0.1, 0.15) is 51.9 Å². The molecule has 15 heavy (non-hydrogen) atoms. The molecule has 0 aromatic rings. The first kappa shape index (κ1) is 9.04. The molecule has 4 bridgehead atoms. The zero-order valence-corrected chi connectivity index (χ0v) is 9.84. The molecule has 0 spiro atoms. The molecule has 5 aliphatic rings. The molecule has 0 aromatic heterocycles. The van der Waals surface area contributed by atoms with Crippen LogP contribution in [0.25, 0.3) is 0 Å².